The van der Waals surface area contributed by atoms with Crippen molar-refractivity contribution < 1.29 is 27.5 Å². The summed E-state index contributed by atoms with van der Waals surface area (Å²) in [7, 11) is 0. The number of nitrogens with one attached hydrogen (secondary N) is 1. The maximum absolute atomic E-state index is 12.8. The summed E-state index contributed by atoms with van der Waals surface area (Å²) in [6.45, 7) is 1.37. The topological polar surface area (TPSA) is 81.4 Å². The molecular weight excluding hydrogens is 373 g/mol. The number of ether oxygens (including phenoxy) is 1. The highest BCUT2D eigenvalue weighted by molar-refractivity contribution is 5.92. The SMILES string of the molecule is CC(NC(=O)/C=C/c1ccc(OCC(N)=O)cc1)c1cccc(C(F)(F)F)c1. The van der Waals surface area contributed by atoms with Crippen molar-refractivity contribution in [3.63, 3.8) is 0 Å². The zero-order valence-corrected chi connectivity index (χ0v) is 15.0. The average Bonchev–Trinajstić information content (AvgIpc) is 2.65. The van der Waals surface area contributed by atoms with Crippen molar-refractivity contribution in [1.29, 1.82) is 0 Å². The van der Waals surface area contributed by atoms with Crippen LogP contribution in [0.3, 0.4) is 0 Å². The van der Waals surface area contributed by atoms with Crippen LogP contribution in [0.25, 0.3) is 6.08 Å². The number of primary amides is 1. The maximum atomic E-state index is 12.8. The second kappa shape index (κ2) is 9.07. The average molecular weight is 392 g/mol. The van der Waals surface area contributed by atoms with E-state index in [0.29, 0.717) is 16.9 Å². The van der Waals surface area contributed by atoms with Crippen molar-refractivity contribution in [2.75, 3.05) is 6.61 Å². The number of benzene rings is 2. The monoisotopic (exact) mass is 392 g/mol. The van der Waals surface area contributed by atoms with Crippen molar-refractivity contribution in [2.24, 2.45) is 5.73 Å². The van der Waals surface area contributed by atoms with E-state index < -0.39 is 29.6 Å². The highest BCUT2D eigenvalue weighted by Crippen LogP contribution is 2.30. The van der Waals surface area contributed by atoms with Gasteiger partial charge in [0.2, 0.25) is 5.91 Å². The van der Waals surface area contributed by atoms with E-state index >= 15 is 0 Å². The first-order valence-corrected chi connectivity index (χ1v) is 8.32. The summed E-state index contributed by atoms with van der Waals surface area (Å²) in [6.07, 6.45) is -1.61. The highest BCUT2D eigenvalue weighted by Gasteiger charge is 2.30. The Kier molecular flexibility index (Phi) is 6.81. The molecule has 0 aliphatic carbocycles. The largest absolute Gasteiger partial charge is 0.484 e. The molecule has 5 nitrogen and oxygen atoms in total. The zero-order valence-electron chi connectivity index (χ0n) is 15.0. The number of hydrogen-bond acceptors (Lipinski definition) is 3. The van der Waals surface area contributed by atoms with E-state index in [1.807, 2.05) is 0 Å². The minimum Gasteiger partial charge on any atom is -0.484 e. The molecule has 0 aliphatic heterocycles. The summed E-state index contributed by atoms with van der Waals surface area (Å²) < 4.78 is 43.5. The Balaban J connectivity index is 1.95. The molecule has 2 aromatic rings. The lowest BCUT2D eigenvalue weighted by atomic mass is 10.0. The molecule has 0 heterocycles. The molecule has 0 saturated heterocycles. The van der Waals surface area contributed by atoms with Gasteiger partial charge in [0.05, 0.1) is 11.6 Å². The Labute approximate surface area is 160 Å². The third-order valence-corrected chi connectivity index (χ3v) is 3.76. The molecule has 0 saturated carbocycles. The molecule has 2 aromatic carbocycles. The number of alkyl halides is 3. The van der Waals surface area contributed by atoms with Gasteiger partial charge < -0.3 is 15.8 Å². The number of rotatable bonds is 7. The number of amides is 2. The van der Waals surface area contributed by atoms with E-state index in [9.17, 15) is 22.8 Å². The van der Waals surface area contributed by atoms with Crippen molar-refractivity contribution >= 4 is 17.9 Å². The highest BCUT2D eigenvalue weighted by atomic mass is 19.4. The normalized spacial score (nSPS) is 12.6. The quantitative estimate of drug-likeness (QED) is 0.708. The molecular formula is C20H19F3N2O3. The van der Waals surface area contributed by atoms with Crippen molar-refractivity contribution in [1.82, 2.24) is 5.32 Å². The summed E-state index contributed by atoms with van der Waals surface area (Å²) in [6, 6.07) is 10.8. The minimum absolute atomic E-state index is 0.231. The molecule has 0 fully saturated rings. The predicted octanol–water partition coefficient (Wildman–Crippen LogP) is 3.46. The van der Waals surface area contributed by atoms with Crippen molar-refractivity contribution in [2.45, 2.75) is 19.1 Å². The van der Waals surface area contributed by atoms with E-state index in [-0.39, 0.29) is 6.61 Å². The van der Waals surface area contributed by atoms with Gasteiger partial charge in [0.1, 0.15) is 5.75 Å². The van der Waals surface area contributed by atoms with Crippen LogP contribution in [0.2, 0.25) is 0 Å². The first-order valence-electron chi connectivity index (χ1n) is 8.32. The van der Waals surface area contributed by atoms with Gasteiger partial charge in [0, 0.05) is 6.08 Å². The fourth-order valence-electron chi connectivity index (χ4n) is 2.33. The maximum Gasteiger partial charge on any atom is 0.416 e. The second-order valence-corrected chi connectivity index (χ2v) is 6.01. The molecule has 28 heavy (non-hydrogen) atoms. The van der Waals surface area contributed by atoms with Crippen molar-refractivity contribution in [3.05, 3.63) is 71.3 Å². The van der Waals surface area contributed by atoms with Gasteiger partial charge in [-0.25, -0.2) is 0 Å². The third-order valence-electron chi connectivity index (χ3n) is 3.76. The number of carbonyl (C=O) groups excluding carboxylic acids is 2. The van der Waals surface area contributed by atoms with Crippen LogP contribution in [0.5, 0.6) is 5.75 Å². The smallest absolute Gasteiger partial charge is 0.416 e. The molecule has 0 aromatic heterocycles. The van der Waals surface area contributed by atoms with Gasteiger partial charge in [-0.15, -0.1) is 0 Å². The first kappa shape index (κ1) is 21.0. The lowest BCUT2D eigenvalue weighted by molar-refractivity contribution is -0.137. The van der Waals surface area contributed by atoms with E-state index in [1.54, 1.807) is 37.3 Å². The van der Waals surface area contributed by atoms with Crippen LogP contribution in [0.1, 0.15) is 29.7 Å². The van der Waals surface area contributed by atoms with Crippen molar-refractivity contribution in [3.8, 4) is 5.75 Å². The van der Waals surface area contributed by atoms with Crippen LogP contribution < -0.4 is 15.8 Å². The van der Waals surface area contributed by atoms with Crippen LogP contribution in [0.4, 0.5) is 13.2 Å². The number of nitrogens with two attached hydrogens (primary N) is 1. The standard InChI is InChI=1S/C20H19F3N2O3/c1-13(15-3-2-4-16(11-15)20(21,22)23)25-19(27)10-7-14-5-8-17(9-6-14)28-12-18(24)26/h2-11,13H,12H2,1H3,(H2,24,26)(H,25,27)/b10-7+. The predicted molar refractivity (Wildman–Crippen MR) is 98.2 cm³/mol. The Bertz CT molecular complexity index is 862. The summed E-state index contributed by atoms with van der Waals surface area (Å²) >= 11 is 0. The van der Waals surface area contributed by atoms with Crippen LogP contribution in [0, 0.1) is 0 Å². The summed E-state index contributed by atoms with van der Waals surface area (Å²) in [4.78, 5) is 22.7. The van der Waals surface area contributed by atoms with Crippen LogP contribution in [-0.2, 0) is 15.8 Å². The lowest BCUT2D eigenvalue weighted by Gasteiger charge is -2.15. The molecule has 2 amide bonds. The summed E-state index contributed by atoms with van der Waals surface area (Å²) in [5.41, 5.74) is 5.28. The zero-order chi connectivity index (χ0) is 20.7. The van der Waals surface area contributed by atoms with E-state index in [0.717, 1.165) is 12.1 Å². The van der Waals surface area contributed by atoms with Gasteiger partial charge in [-0.1, -0.05) is 24.3 Å². The summed E-state index contributed by atoms with van der Waals surface area (Å²) in [5.74, 6) is -0.576. The molecule has 1 atom stereocenters. The van der Waals surface area contributed by atoms with Gasteiger partial charge in [0.15, 0.2) is 6.61 Å². The van der Waals surface area contributed by atoms with Crippen LogP contribution in [0.15, 0.2) is 54.6 Å². The second-order valence-electron chi connectivity index (χ2n) is 6.01. The molecule has 0 aliphatic rings. The van der Waals surface area contributed by atoms with Gasteiger partial charge in [0.25, 0.3) is 5.91 Å². The third kappa shape index (κ3) is 6.46. The molecule has 0 spiro atoms. The fourth-order valence-corrected chi connectivity index (χ4v) is 2.33. The molecule has 0 bridgehead atoms. The van der Waals surface area contributed by atoms with E-state index in [4.69, 9.17) is 10.5 Å². The molecule has 3 N–H and O–H groups in total. The fraction of sp³-hybridized carbons (Fsp3) is 0.200. The van der Waals surface area contributed by atoms with Crippen LogP contribution in [-0.4, -0.2) is 18.4 Å². The van der Waals surface area contributed by atoms with Gasteiger partial charge in [-0.2, -0.15) is 13.2 Å². The molecule has 8 heteroatoms. The lowest BCUT2D eigenvalue weighted by Crippen LogP contribution is -2.24. The minimum atomic E-state index is -4.44. The number of halogens is 3. The van der Waals surface area contributed by atoms with E-state index in [1.165, 1.54) is 18.2 Å². The Morgan fingerprint density at radius 2 is 1.86 bits per heavy atom. The molecule has 2 rings (SSSR count). The molecule has 1 unspecified atom stereocenters. The molecule has 0 radical (unpaired) electrons. The summed E-state index contributed by atoms with van der Waals surface area (Å²) in [5, 5.41) is 2.62. The first-order chi connectivity index (χ1) is 13.1. The van der Waals surface area contributed by atoms with Gasteiger partial charge >= 0.3 is 6.18 Å². The van der Waals surface area contributed by atoms with Gasteiger partial charge in [-0.3, -0.25) is 9.59 Å². The Morgan fingerprint density at radius 3 is 2.46 bits per heavy atom. The van der Waals surface area contributed by atoms with Gasteiger partial charge in [-0.05, 0) is 48.4 Å². The number of carbonyl (C=O) groups is 2. The molecule has 148 valence electrons. The van der Waals surface area contributed by atoms with E-state index in [2.05, 4.69) is 5.32 Å². The Hall–Kier alpha value is -3.29. The Morgan fingerprint density at radius 1 is 1.18 bits per heavy atom. The number of hydrogen-bond donors (Lipinski definition) is 2. The van der Waals surface area contributed by atoms with Crippen LogP contribution >= 0.6 is 0 Å².